The number of carbonyl (C=O) groups excluding carboxylic acids is 1. The van der Waals surface area contributed by atoms with Crippen LogP contribution in [0.2, 0.25) is 0 Å². The smallest absolute Gasteiger partial charge is 0.325 e. The summed E-state index contributed by atoms with van der Waals surface area (Å²) in [6, 6.07) is 7.08. The molecule has 2 aromatic rings. The topological polar surface area (TPSA) is 110 Å². The summed E-state index contributed by atoms with van der Waals surface area (Å²) in [5, 5.41) is 15.0. The van der Waals surface area contributed by atoms with Gasteiger partial charge in [-0.15, -0.1) is 0 Å². The fourth-order valence-electron chi connectivity index (χ4n) is 1.62. The average molecular weight is 286 g/mol. The van der Waals surface area contributed by atoms with E-state index >= 15 is 0 Å². The maximum Gasteiger partial charge on any atom is 0.325 e. The summed E-state index contributed by atoms with van der Waals surface area (Å²) in [5.41, 5.74) is 7.50. The van der Waals surface area contributed by atoms with Crippen LogP contribution in [-0.4, -0.2) is 26.8 Å². The van der Waals surface area contributed by atoms with Crippen LogP contribution < -0.4 is 11.1 Å². The van der Waals surface area contributed by atoms with Gasteiger partial charge in [0.05, 0.1) is 11.9 Å². The molecule has 21 heavy (non-hydrogen) atoms. The van der Waals surface area contributed by atoms with Gasteiger partial charge in [0.25, 0.3) is 0 Å². The zero-order valence-corrected chi connectivity index (χ0v) is 11.1. The summed E-state index contributed by atoms with van der Waals surface area (Å²) in [7, 11) is 0. The maximum absolute atomic E-state index is 11.7. The Morgan fingerprint density at radius 1 is 1.33 bits per heavy atom. The van der Waals surface area contributed by atoms with Gasteiger partial charge in [-0.1, -0.05) is 12.1 Å². The first-order chi connectivity index (χ1) is 10.0. The van der Waals surface area contributed by atoms with E-state index in [9.17, 15) is 9.59 Å². The molecule has 0 saturated heterocycles. The Bertz CT molecular complexity index is 674. The van der Waals surface area contributed by atoms with E-state index in [0.717, 1.165) is 5.56 Å². The standard InChI is InChI=1S/C14H14N4O3/c15-11-4-1-10(2-5-11)3-6-13(19)17-12-7-16-18(8-12)9-14(20)21/h1-8H,9,15H2,(H,17,19)(H,20,21)/b6-3+. The summed E-state index contributed by atoms with van der Waals surface area (Å²) in [6.07, 6.45) is 5.86. The molecule has 1 heterocycles. The van der Waals surface area contributed by atoms with Gasteiger partial charge in [-0.3, -0.25) is 14.3 Å². The molecule has 1 aromatic heterocycles. The number of amides is 1. The second kappa shape index (κ2) is 6.38. The number of anilines is 2. The van der Waals surface area contributed by atoms with Crippen LogP contribution in [0.1, 0.15) is 5.56 Å². The number of nitrogens with two attached hydrogens (primary N) is 1. The SMILES string of the molecule is Nc1ccc(/C=C/C(=O)Nc2cnn(CC(=O)O)c2)cc1. The molecule has 7 heteroatoms. The van der Waals surface area contributed by atoms with Crippen LogP contribution in [0, 0.1) is 0 Å². The van der Waals surface area contributed by atoms with Gasteiger partial charge in [-0.2, -0.15) is 5.10 Å². The van der Waals surface area contributed by atoms with E-state index in [1.165, 1.54) is 23.2 Å². The largest absolute Gasteiger partial charge is 0.480 e. The third-order valence-corrected chi connectivity index (χ3v) is 2.56. The van der Waals surface area contributed by atoms with Crippen LogP contribution >= 0.6 is 0 Å². The Hall–Kier alpha value is -3.09. The van der Waals surface area contributed by atoms with Crippen LogP contribution in [-0.2, 0) is 16.1 Å². The van der Waals surface area contributed by atoms with Crippen LogP contribution in [0.15, 0.2) is 42.7 Å². The normalized spacial score (nSPS) is 10.7. The first kappa shape index (κ1) is 14.3. The maximum atomic E-state index is 11.7. The predicted molar refractivity (Wildman–Crippen MR) is 78.4 cm³/mol. The molecular weight excluding hydrogens is 272 g/mol. The Labute approximate surface area is 120 Å². The first-order valence-electron chi connectivity index (χ1n) is 6.12. The molecule has 1 amide bonds. The van der Waals surface area contributed by atoms with Crippen molar-refractivity contribution in [3.8, 4) is 0 Å². The van der Waals surface area contributed by atoms with Gasteiger partial charge in [-0.25, -0.2) is 0 Å². The molecule has 0 fully saturated rings. The highest BCUT2D eigenvalue weighted by Gasteiger charge is 2.04. The fraction of sp³-hybridized carbons (Fsp3) is 0.0714. The minimum Gasteiger partial charge on any atom is -0.480 e. The Morgan fingerprint density at radius 2 is 2.05 bits per heavy atom. The molecule has 1 aromatic carbocycles. The molecule has 4 N–H and O–H groups in total. The van der Waals surface area contributed by atoms with Gasteiger partial charge >= 0.3 is 5.97 Å². The first-order valence-corrected chi connectivity index (χ1v) is 6.12. The van der Waals surface area contributed by atoms with E-state index in [2.05, 4.69) is 10.4 Å². The Morgan fingerprint density at radius 3 is 2.71 bits per heavy atom. The summed E-state index contributed by atoms with van der Waals surface area (Å²) in [5.74, 6) is -1.33. The highest BCUT2D eigenvalue weighted by molar-refractivity contribution is 6.01. The van der Waals surface area contributed by atoms with Crippen molar-refractivity contribution in [2.45, 2.75) is 6.54 Å². The van der Waals surface area contributed by atoms with Crippen molar-refractivity contribution in [2.75, 3.05) is 11.1 Å². The lowest BCUT2D eigenvalue weighted by molar-refractivity contribution is -0.137. The lowest BCUT2D eigenvalue weighted by atomic mass is 10.2. The minimum atomic E-state index is -1.00. The van der Waals surface area contributed by atoms with E-state index in [4.69, 9.17) is 10.8 Å². The van der Waals surface area contributed by atoms with Gasteiger partial charge in [0.15, 0.2) is 0 Å². The number of carboxylic acid groups (broad SMARTS) is 1. The third kappa shape index (κ3) is 4.50. The van der Waals surface area contributed by atoms with E-state index < -0.39 is 5.97 Å². The average Bonchev–Trinajstić information content (AvgIpc) is 2.84. The van der Waals surface area contributed by atoms with E-state index in [1.807, 2.05) is 0 Å². The predicted octanol–water partition coefficient (Wildman–Crippen LogP) is 1.20. The van der Waals surface area contributed by atoms with E-state index in [0.29, 0.717) is 11.4 Å². The summed E-state index contributed by atoms with van der Waals surface area (Å²) < 4.78 is 1.22. The Kier molecular flexibility index (Phi) is 4.35. The molecule has 0 atom stereocenters. The molecule has 0 aliphatic carbocycles. The zero-order valence-electron chi connectivity index (χ0n) is 11.1. The van der Waals surface area contributed by atoms with Crippen molar-refractivity contribution < 1.29 is 14.7 Å². The number of aliphatic carboxylic acids is 1. The molecule has 108 valence electrons. The number of carboxylic acids is 1. The number of hydrogen-bond donors (Lipinski definition) is 3. The van der Waals surface area contributed by atoms with Crippen molar-refractivity contribution in [1.82, 2.24) is 9.78 Å². The molecule has 0 radical (unpaired) electrons. The number of carbonyl (C=O) groups is 2. The summed E-state index contributed by atoms with van der Waals surface area (Å²) in [4.78, 5) is 22.2. The van der Waals surface area contributed by atoms with Crippen LogP contribution in [0.5, 0.6) is 0 Å². The van der Waals surface area contributed by atoms with Crippen LogP contribution in [0.3, 0.4) is 0 Å². The number of nitrogens with zero attached hydrogens (tertiary/aromatic N) is 2. The second-order valence-electron chi connectivity index (χ2n) is 4.31. The second-order valence-corrected chi connectivity index (χ2v) is 4.31. The zero-order chi connectivity index (χ0) is 15.2. The number of rotatable bonds is 5. The monoisotopic (exact) mass is 286 g/mol. The van der Waals surface area contributed by atoms with Gasteiger partial charge in [0, 0.05) is 18.0 Å². The molecule has 0 saturated carbocycles. The summed E-state index contributed by atoms with van der Waals surface area (Å²) >= 11 is 0. The van der Waals surface area contributed by atoms with Crippen molar-refractivity contribution in [2.24, 2.45) is 0 Å². The van der Waals surface area contributed by atoms with Gasteiger partial charge in [0.1, 0.15) is 6.54 Å². The number of benzene rings is 1. The van der Waals surface area contributed by atoms with Gasteiger partial charge in [0.2, 0.25) is 5.91 Å². The van der Waals surface area contributed by atoms with Crippen molar-refractivity contribution >= 4 is 29.3 Å². The van der Waals surface area contributed by atoms with Crippen molar-refractivity contribution in [1.29, 1.82) is 0 Å². The van der Waals surface area contributed by atoms with E-state index in [-0.39, 0.29) is 12.5 Å². The molecule has 0 unspecified atom stereocenters. The lowest BCUT2D eigenvalue weighted by Gasteiger charge is -1.98. The van der Waals surface area contributed by atoms with Crippen molar-refractivity contribution in [3.63, 3.8) is 0 Å². The number of nitrogens with one attached hydrogen (secondary N) is 1. The van der Waals surface area contributed by atoms with Gasteiger partial charge in [-0.05, 0) is 23.8 Å². The van der Waals surface area contributed by atoms with Crippen LogP contribution in [0.25, 0.3) is 6.08 Å². The number of aromatic nitrogens is 2. The van der Waals surface area contributed by atoms with Crippen molar-refractivity contribution in [3.05, 3.63) is 48.3 Å². The molecular formula is C14H14N4O3. The molecule has 0 bridgehead atoms. The minimum absolute atomic E-state index is 0.253. The molecule has 7 nitrogen and oxygen atoms in total. The number of nitrogen functional groups attached to an aromatic ring is 1. The molecule has 0 spiro atoms. The quantitative estimate of drug-likeness (QED) is 0.565. The number of hydrogen-bond acceptors (Lipinski definition) is 4. The summed E-state index contributed by atoms with van der Waals surface area (Å²) in [6.45, 7) is -0.253. The van der Waals surface area contributed by atoms with Crippen LogP contribution in [0.4, 0.5) is 11.4 Å². The highest BCUT2D eigenvalue weighted by Crippen LogP contribution is 2.08. The fourth-order valence-corrected chi connectivity index (χ4v) is 1.62. The highest BCUT2D eigenvalue weighted by atomic mass is 16.4. The van der Waals surface area contributed by atoms with Gasteiger partial charge < -0.3 is 16.2 Å². The van der Waals surface area contributed by atoms with E-state index in [1.54, 1.807) is 30.3 Å². The Balaban J connectivity index is 1.93. The lowest BCUT2D eigenvalue weighted by Crippen LogP contribution is -2.09. The molecule has 2 rings (SSSR count). The molecule has 0 aliphatic rings. The molecule has 0 aliphatic heterocycles. The third-order valence-electron chi connectivity index (χ3n) is 2.56.